The monoisotopic (exact) mass is 323 g/mol. The highest BCUT2D eigenvalue weighted by atomic mass is 16.4. The van der Waals surface area contributed by atoms with Crippen LogP contribution < -0.4 is 15.3 Å². The maximum absolute atomic E-state index is 12.3. The number of hydrogen-bond donors (Lipinski definition) is 1. The largest absolute Gasteiger partial charge is 0.545 e. The fraction of sp³-hybridized carbons (Fsp3) is 0.167. The Bertz CT molecular complexity index is 845. The molecule has 2 aromatic rings. The molecule has 0 atom stereocenters. The van der Waals surface area contributed by atoms with Gasteiger partial charge in [-0.3, -0.25) is 9.59 Å². The lowest BCUT2D eigenvalue weighted by atomic mass is 10.1. The van der Waals surface area contributed by atoms with E-state index in [4.69, 9.17) is 0 Å². The molecule has 1 aliphatic heterocycles. The van der Waals surface area contributed by atoms with Gasteiger partial charge in [0.15, 0.2) is 0 Å². The molecule has 1 N–H and O–H groups in total. The number of benzene rings is 2. The first-order chi connectivity index (χ1) is 11.5. The molecular formula is C18H15N2O4-. The summed E-state index contributed by atoms with van der Waals surface area (Å²) in [5, 5.41) is 13.8. The molecule has 6 heteroatoms. The number of fused-ring (bicyclic) bond motifs is 1. The van der Waals surface area contributed by atoms with Crippen LogP contribution in [-0.2, 0) is 11.2 Å². The minimum Gasteiger partial charge on any atom is -0.545 e. The fourth-order valence-corrected chi connectivity index (χ4v) is 2.86. The summed E-state index contributed by atoms with van der Waals surface area (Å²) in [5.41, 5.74) is 2.26. The van der Waals surface area contributed by atoms with Gasteiger partial charge in [0, 0.05) is 36.0 Å². The van der Waals surface area contributed by atoms with Gasteiger partial charge in [-0.05, 0) is 36.2 Å². The maximum atomic E-state index is 12.3. The number of aromatic carboxylic acids is 1. The molecule has 0 radical (unpaired) electrons. The van der Waals surface area contributed by atoms with Crippen LogP contribution >= 0.6 is 0 Å². The summed E-state index contributed by atoms with van der Waals surface area (Å²) < 4.78 is 0. The Kier molecular flexibility index (Phi) is 4.04. The van der Waals surface area contributed by atoms with Crippen molar-refractivity contribution in [2.75, 3.05) is 16.8 Å². The van der Waals surface area contributed by atoms with Gasteiger partial charge < -0.3 is 20.1 Å². The Morgan fingerprint density at radius 3 is 2.46 bits per heavy atom. The quantitative estimate of drug-likeness (QED) is 0.919. The van der Waals surface area contributed by atoms with Crippen LogP contribution in [0.5, 0.6) is 0 Å². The predicted molar refractivity (Wildman–Crippen MR) is 86.9 cm³/mol. The van der Waals surface area contributed by atoms with E-state index in [1.54, 1.807) is 29.2 Å². The summed E-state index contributed by atoms with van der Waals surface area (Å²) in [6.45, 7) is 2.14. The van der Waals surface area contributed by atoms with Crippen molar-refractivity contribution in [1.29, 1.82) is 0 Å². The van der Waals surface area contributed by atoms with E-state index in [9.17, 15) is 19.5 Å². The normalized spacial score (nSPS) is 12.6. The van der Waals surface area contributed by atoms with Gasteiger partial charge >= 0.3 is 0 Å². The number of carbonyl (C=O) groups is 3. The van der Waals surface area contributed by atoms with Crippen LogP contribution in [0.4, 0.5) is 11.4 Å². The van der Waals surface area contributed by atoms with E-state index in [0.29, 0.717) is 18.7 Å². The molecular weight excluding hydrogens is 308 g/mol. The van der Waals surface area contributed by atoms with E-state index in [2.05, 4.69) is 5.32 Å². The average Bonchev–Trinajstić information content (AvgIpc) is 2.98. The number of carboxylic acids is 1. The van der Waals surface area contributed by atoms with Gasteiger partial charge in [0.25, 0.3) is 5.91 Å². The molecule has 2 amide bonds. The summed E-state index contributed by atoms with van der Waals surface area (Å²) in [6.07, 6.45) is 0.717. The van der Waals surface area contributed by atoms with Crippen LogP contribution in [-0.4, -0.2) is 24.3 Å². The van der Waals surface area contributed by atoms with Crippen molar-refractivity contribution in [1.82, 2.24) is 0 Å². The van der Waals surface area contributed by atoms with Gasteiger partial charge in [-0.25, -0.2) is 0 Å². The van der Waals surface area contributed by atoms with Crippen molar-refractivity contribution in [2.24, 2.45) is 0 Å². The van der Waals surface area contributed by atoms with Gasteiger partial charge in [0.05, 0.1) is 5.97 Å². The lowest BCUT2D eigenvalue weighted by molar-refractivity contribution is -0.255. The fourth-order valence-electron chi connectivity index (χ4n) is 2.86. The number of nitrogens with one attached hydrogen (secondary N) is 1. The first-order valence-electron chi connectivity index (χ1n) is 7.50. The average molecular weight is 323 g/mol. The summed E-state index contributed by atoms with van der Waals surface area (Å²) in [5.74, 6) is -1.93. The molecule has 24 heavy (non-hydrogen) atoms. The Balaban J connectivity index is 1.84. The summed E-state index contributed by atoms with van der Waals surface area (Å²) >= 11 is 0. The van der Waals surface area contributed by atoms with Gasteiger partial charge in [-0.2, -0.15) is 0 Å². The Morgan fingerprint density at radius 1 is 1.08 bits per heavy atom. The molecule has 0 unspecified atom stereocenters. The zero-order valence-electron chi connectivity index (χ0n) is 13.0. The van der Waals surface area contributed by atoms with E-state index < -0.39 is 11.9 Å². The number of rotatable bonds is 3. The second kappa shape index (κ2) is 6.16. The molecule has 0 spiro atoms. The number of hydrogen-bond acceptors (Lipinski definition) is 4. The number of anilines is 2. The molecule has 2 aromatic carbocycles. The van der Waals surface area contributed by atoms with E-state index in [1.807, 2.05) is 0 Å². The Labute approximate surface area is 138 Å². The summed E-state index contributed by atoms with van der Waals surface area (Å²) in [4.78, 5) is 36.7. The zero-order chi connectivity index (χ0) is 17.3. The Hall–Kier alpha value is -3.15. The second-order valence-electron chi connectivity index (χ2n) is 5.55. The van der Waals surface area contributed by atoms with Crippen molar-refractivity contribution in [3.63, 3.8) is 0 Å². The zero-order valence-corrected chi connectivity index (χ0v) is 13.0. The highest BCUT2D eigenvalue weighted by Crippen LogP contribution is 2.30. The molecule has 0 aliphatic carbocycles. The van der Waals surface area contributed by atoms with E-state index in [0.717, 1.165) is 11.3 Å². The number of nitrogens with zero attached hydrogens (tertiary/aromatic N) is 1. The van der Waals surface area contributed by atoms with E-state index >= 15 is 0 Å². The Morgan fingerprint density at radius 2 is 1.79 bits per heavy atom. The SMILES string of the molecule is CC(=O)N1CCc2cc(NC(=O)c3ccccc3C(=O)[O-])ccc21. The van der Waals surface area contributed by atoms with Gasteiger partial charge in [-0.1, -0.05) is 18.2 Å². The molecule has 1 heterocycles. The maximum Gasteiger partial charge on any atom is 0.256 e. The van der Waals surface area contributed by atoms with Crippen LogP contribution in [0.3, 0.4) is 0 Å². The van der Waals surface area contributed by atoms with Gasteiger partial charge in [-0.15, -0.1) is 0 Å². The third-order valence-electron chi connectivity index (χ3n) is 4.00. The third kappa shape index (κ3) is 2.86. The first-order valence-corrected chi connectivity index (χ1v) is 7.50. The molecule has 1 aliphatic rings. The standard InChI is InChI=1S/C18H16N2O4/c1-11(21)20-9-8-12-10-13(6-7-16(12)20)19-17(22)14-4-2-3-5-15(14)18(23)24/h2-7,10H,8-9H2,1H3,(H,19,22)(H,23,24)/p-1. The lowest BCUT2D eigenvalue weighted by Crippen LogP contribution is -2.26. The number of amides is 2. The van der Waals surface area contributed by atoms with Gasteiger partial charge in [0.1, 0.15) is 0 Å². The lowest BCUT2D eigenvalue weighted by Gasteiger charge is -2.15. The molecule has 0 saturated carbocycles. The smallest absolute Gasteiger partial charge is 0.256 e. The molecule has 122 valence electrons. The van der Waals surface area contributed by atoms with Crippen molar-refractivity contribution in [3.05, 3.63) is 59.2 Å². The molecule has 6 nitrogen and oxygen atoms in total. The van der Waals surface area contributed by atoms with Crippen molar-refractivity contribution in [3.8, 4) is 0 Å². The van der Waals surface area contributed by atoms with Crippen molar-refractivity contribution < 1.29 is 19.5 Å². The van der Waals surface area contributed by atoms with Crippen LogP contribution in [0.2, 0.25) is 0 Å². The molecule has 0 saturated heterocycles. The van der Waals surface area contributed by atoms with Crippen molar-refractivity contribution in [2.45, 2.75) is 13.3 Å². The predicted octanol–water partition coefficient (Wildman–Crippen LogP) is 1.21. The molecule has 0 aromatic heterocycles. The number of carboxylic acid groups (broad SMARTS) is 1. The summed E-state index contributed by atoms with van der Waals surface area (Å²) in [6, 6.07) is 11.2. The van der Waals surface area contributed by atoms with E-state index in [1.165, 1.54) is 25.1 Å². The molecule has 0 fully saturated rings. The molecule has 3 rings (SSSR count). The van der Waals surface area contributed by atoms with E-state index in [-0.39, 0.29) is 17.0 Å². The summed E-state index contributed by atoms with van der Waals surface area (Å²) in [7, 11) is 0. The van der Waals surface area contributed by atoms with Crippen LogP contribution in [0.1, 0.15) is 33.2 Å². The highest BCUT2D eigenvalue weighted by molar-refractivity contribution is 6.10. The van der Waals surface area contributed by atoms with Crippen LogP contribution in [0, 0.1) is 0 Å². The van der Waals surface area contributed by atoms with Gasteiger partial charge in [0.2, 0.25) is 5.91 Å². The minimum absolute atomic E-state index is 0.0200. The van der Waals surface area contributed by atoms with Crippen LogP contribution in [0.15, 0.2) is 42.5 Å². The first kappa shape index (κ1) is 15.7. The number of carbonyl (C=O) groups excluding carboxylic acids is 3. The van der Waals surface area contributed by atoms with Crippen LogP contribution in [0.25, 0.3) is 0 Å². The molecule has 0 bridgehead atoms. The minimum atomic E-state index is -1.40. The second-order valence-corrected chi connectivity index (χ2v) is 5.55. The topological polar surface area (TPSA) is 89.5 Å². The van der Waals surface area contributed by atoms with Crippen molar-refractivity contribution >= 4 is 29.2 Å². The highest BCUT2D eigenvalue weighted by Gasteiger charge is 2.22. The third-order valence-corrected chi connectivity index (χ3v) is 4.00.